The van der Waals surface area contributed by atoms with Crippen LogP contribution in [0.3, 0.4) is 0 Å². The first-order valence-corrected chi connectivity index (χ1v) is 24.9. The van der Waals surface area contributed by atoms with Crippen LogP contribution in [-0.4, -0.2) is 155 Å². The van der Waals surface area contributed by atoms with Crippen LogP contribution >= 0.6 is 0 Å². The van der Waals surface area contributed by atoms with Gasteiger partial charge in [0, 0.05) is 57.6 Å². The van der Waals surface area contributed by atoms with E-state index in [2.05, 4.69) is 46.8 Å². The van der Waals surface area contributed by atoms with E-state index in [1.165, 1.54) is 0 Å². The minimum Gasteiger partial charge on any atom is -0.456 e. The summed E-state index contributed by atoms with van der Waals surface area (Å²) in [5.74, 6) is -0.0407. The van der Waals surface area contributed by atoms with E-state index in [9.17, 15) is 15.0 Å². The zero-order valence-corrected chi connectivity index (χ0v) is 39.2. The van der Waals surface area contributed by atoms with Gasteiger partial charge < -0.3 is 62.3 Å². The number of hydrogen-bond donors (Lipinski definition) is 2. The minimum atomic E-state index is -0.856. The molecule has 24 atom stereocenters. The molecule has 11 rings (SSSR count). The van der Waals surface area contributed by atoms with Crippen LogP contribution < -0.4 is 0 Å². The van der Waals surface area contributed by atoms with Gasteiger partial charge in [0.2, 0.25) is 0 Å². The van der Waals surface area contributed by atoms with E-state index in [1.807, 2.05) is 20.8 Å². The van der Waals surface area contributed by atoms with Crippen LogP contribution in [0.25, 0.3) is 0 Å². The highest BCUT2D eigenvalue weighted by Gasteiger charge is 2.64. The van der Waals surface area contributed by atoms with Crippen molar-refractivity contribution in [2.75, 3.05) is 6.61 Å². The largest absolute Gasteiger partial charge is 0.456 e. The molecule has 0 aliphatic carbocycles. The van der Waals surface area contributed by atoms with Crippen molar-refractivity contribution in [3.05, 3.63) is 23.8 Å². The first kappa shape index (κ1) is 44.9. The van der Waals surface area contributed by atoms with Crippen molar-refractivity contribution in [3.63, 3.8) is 0 Å². The number of aliphatic hydroxyl groups excluding tert-OH is 2. The van der Waals surface area contributed by atoms with Gasteiger partial charge in [0.1, 0.15) is 23.9 Å². The number of aliphatic hydroxyl groups is 2. The average molecular weight is 899 g/mol. The third-order valence-electron chi connectivity index (χ3n) is 18.1. The van der Waals surface area contributed by atoms with Crippen LogP contribution in [0.15, 0.2) is 23.8 Å². The van der Waals surface area contributed by atoms with E-state index in [-0.39, 0.29) is 122 Å². The summed E-state index contributed by atoms with van der Waals surface area (Å²) in [4.78, 5) is 12.3. The zero-order valence-electron chi connectivity index (χ0n) is 39.2. The summed E-state index contributed by atoms with van der Waals surface area (Å²) >= 11 is 0. The van der Waals surface area contributed by atoms with Gasteiger partial charge in [-0.15, -0.1) is 0 Å². The SMILES string of the molecule is CC1=CC(=O)OC2CC3OC4C[C@@H](C)C5OC6CC7O[C@@]8(C)CC=CC9OC%10CC%11O[C@H](CC(C)CO)C[C@H](O)[C@]%11(C)O[C@@H]%10C[C@@H]9O[C@@H]8C[C@]7(C)O[C@]6(C)CC[C@@H]5O[C@@H]4C[C@]3(C)O[C@H]12. The van der Waals surface area contributed by atoms with Crippen LogP contribution in [0.4, 0.5) is 0 Å². The fourth-order valence-corrected chi connectivity index (χ4v) is 14.2. The van der Waals surface area contributed by atoms with Crippen molar-refractivity contribution in [1.29, 1.82) is 0 Å². The predicted octanol–water partition coefficient (Wildman–Crippen LogP) is 5.35. The molecule has 0 radical (unpaired) electrons. The molecule has 0 aromatic heterocycles. The lowest BCUT2D eigenvalue weighted by Gasteiger charge is -2.60. The molecule has 9 saturated heterocycles. The van der Waals surface area contributed by atoms with E-state index in [1.54, 1.807) is 6.08 Å². The monoisotopic (exact) mass is 899 g/mol. The Balaban J connectivity index is 0.775. The van der Waals surface area contributed by atoms with Crippen LogP contribution in [0, 0.1) is 11.8 Å². The summed E-state index contributed by atoms with van der Waals surface area (Å²) in [6, 6.07) is 0. The molecule has 10 unspecified atom stereocenters. The Morgan fingerprint density at radius 2 is 1.47 bits per heavy atom. The number of esters is 1. The Labute approximate surface area is 378 Å². The quantitative estimate of drug-likeness (QED) is 0.276. The molecule has 11 aliphatic rings. The summed E-state index contributed by atoms with van der Waals surface area (Å²) in [6.45, 7) is 17.0. The molecule has 9 fully saturated rings. The normalized spacial score (nSPS) is 57.1. The zero-order chi connectivity index (χ0) is 44.7. The number of carbonyl (C=O) groups excluding carboxylic acids is 1. The lowest BCUT2D eigenvalue weighted by atomic mass is 9.72. The molecular weight excluding hydrogens is 825 g/mol. The van der Waals surface area contributed by atoms with Crippen LogP contribution in [0.2, 0.25) is 0 Å². The lowest BCUT2D eigenvalue weighted by molar-refractivity contribution is -0.356. The first-order valence-electron chi connectivity index (χ1n) is 24.9. The van der Waals surface area contributed by atoms with Gasteiger partial charge in [-0.05, 0) is 91.1 Å². The van der Waals surface area contributed by atoms with Gasteiger partial charge in [0.15, 0.2) is 0 Å². The summed E-state index contributed by atoms with van der Waals surface area (Å²) in [7, 11) is 0. The lowest BCUT2D eigenvalue weighted by Crippen LogP contribution is -2.70. The first-order chi connectivity index (χ1) is 30.4. The van der Waals surface area contributed by atoms with Crippen molar-refractivity contribution >= 4 is 5.97 Å². The molecule has 0 aromatic rings. The third-order valence-corrected chi connectivity index (χ3v) is 18.1. The molecule has 14 nitrogen and oxygen atoms in total. The fraction of sp³-hybridized carbons (Fsp3) is 0.900. The Morgan fingerprint density at radius 3 is 2.28 bits per heavy atom. The molecule has 0 spiro atoms. The van der Waals surface area contributed by atoms with E-state index in [4.69, 9.17) is 52.1 Å². The number of hydrogen-bond acceptors (Lipinski definition) is 14. The fourth-order valence-electron chi connectivity index (χ4n) is 14.2. The Morgan fingerprint density at radius 1 is 0.703 bits per heavy atom. The highest BCUT2D eigenvalue weighted by atomic mass is 16.7. The van der Waals surface area contributed by atoms with Crippen molar-refractivity contribution in [3.8, 4) is 0 Å². The van der Waals surface area contributed by atoms with Crippen molar-refractivity contribution < 1.29 is 67.1 Å². The average Bonchev–Trinajstić information content (AvgIpc) is 3.43. The number of ether oxygens (including phenoxy) is 11. The summed E-state index contributed by atoms with van der Waals surface area (Å²) in [5, 5.41) is 21.2. The summed E-state index contributed by atoms with van der Waals surface area (Å²) < 4.78 is 75.9. The van der Waals surface area contributed by atoms with Gasteiger partial charge >= 0.3 is 5.97 Å². The Kier molecular flexibility index (Phi) is 11.2. The van der Waals surface area contributed by atoms with E-state index in [0.29, 0.717) is 57.8 Å². The molecule has 0 bridgehead atoms. The predicted molar refractivity (Wildman–Crippen MR) is 229 cm³/mol. The number of rotatable bonds is 3. The molecular formula is C50H74O14. The van der Waals surface area contributed by atoms with Gasteiger partial charge in [-0.2, -0.15) is 0 Å². The minimum absolute atomic E-state index is 0.0936. The second-order valence-electron chi connectivity index (χ2n) is 23.2. The number of carbonyl (C=O) groups is 1. The van der Waals surface area contributed by atoms with E-state index in [0.717, 1.165) is 24.8 Å². The summed E-state index contributed by atoms with van der Waals surface area (Å²) in [6.07, 6.45) is 9.96. The smallest absolute Gasteiger partial charge is 0.331 e. The van der Waals surface area contributed by atoms with Crippen LogP contribution in [0.1, 0.15) is 132 Å². The highest BCUT2D eigenvalue weighted by molar-refractivity contribution is 5.84. The Hall–Kier alpha value is -1.53. The van der Waals surface area contributed by atoms with Gasteiger partial charge in [0.05, 0.1) is 108 Å². The maximum atomic E-state index is 12.3. The Bertz CT molecular complexity index is 1860. The van der Waals surface area contributed by atoms with Gasteiger partial charge in [-0.3, -0.25) is 0 Å². The van der Waals surface area contributed by atoms with E-state index >= 15 is 0 Å². The molecule has 0 aromatic carbocycles. The van der Waals surface area contributed by atoms with Gasteiger partial charge in [0.25, 0.3) is 0 Å². The van der Waals surface area contributed by atoms with Crippen LogP contribution in [0.5, 0.6) is 0 Å². The molecule has 2 N–H and O–H groups in total. The maximum absolute atomic E-state index is 12.3. The number of fused-ring (bicyclic) bond motifs is 10. The van der Waals surface area contributed by atoms with Crippen LogP contribution in [-0.2, 0) is 56.9 Å². The van der Waals surface area contributed by atoms with Crippen molar-refractivity contribution in [1.82, 2.24) is 0 Å². The molecule has 358 valence electrons. The van der Waals surface area contributed by atoms with Gasteiger partial charge in [-0.1, -0.05) is 26.0 Å². The van der Waals surface area contributed by atoms with Gasteiger partial charge in [-0.25, -0.2) is 4.79 Å². The second kappa shape index (κ2) is 16.0. The molecule has 11 heterocycles. The highest BCUT2D eigenvalue weighted by Crippen LogP contribution is 2.55. The van der Waals surface area contributed by atoms with Crippen molar-refractivity contribution in [2.24, 2.45) is 11.8 Å². The standard InChI is InChI=1S/C50H74O14/c1-25(24-51)14-28-17-37(52)50(8)41(54-28)19-33-34(61-50)18-32-29(55-33)10-9-12-46(4)42(58-32)23-49(7)40(62-46)21-39-47(5,64-49)13-11-30-44(60-39)26(2)15-31-36(56-30)22-48(6)38(57-31)20-35-45(63-48)27(3)16-43(53)59-35/h9-10,16,25-26,28-42,44-45,51-52H,11-15,17-24H2,1-8H3/t25?,26-,28-,29?,30+,31?,32+,33?,34-,35?,36-,37+,38?,39?,40?,41?,42-,44?,45-,46+,47-,48+,49+,50+/m1/s1. The molecule has 14 heteroatoms. The molecule has 0 amide bonds. The molecule has 11 aliphatic heterocycles. The van der Waals surface area contributed by atoms with Crippen molar-refractivity contribution in [2.45, 2.75) is 264 Å². The maximum Gasteiger partial charge on any atom is 0.331 e. The topological polar surface area (TPSA) is 159 Å². The summed E-state index contributed by atoms with van der Waals surface area (Å²) in [5.41, 5.74) is -2.31. The van der Waals surface area contributed by atoms with E-state index < -0.39 is 34.1 Å². The third kappa shape index (κ3) is 7.54. The molecule has 64 heavy (non-hydrogen) atoms. The molecule has 0 saturated carbocycles. The second-order valence-corrected chi connectivity index (χ2v) is 23.2.